The monoisotopic (exact) mass is 591 g/mol. The maximum atomic E-state index is 12.4. The third-order valence-corrected chi connectivity index (χ3v) is 7.98. The van der Waals surface area contributed by atoms with Gasteiger partial charge in [-0.2, -0.15) is 11.8 Å². The number of urea groups is 1. The number of carbonyl (C=O) groups is 2. The Morgan fingerprint density at radius 3 is 2.53 bits per heavy atom. The van der Waals surface area contributed by atoms with E-state index in [2.05, 4.69) is 37.4 Å². The summed E-state index contributed by atoms with van der Waals surface area (Å²) in [5.74, 6) is 1.08. The molecule has 0 saturated carbocycles. The summed E-state index contributed by atoms with van der Waals surface area (Å²) < 4.78 is 0. The van der Waals surface area contributed by atoms with Gasteiger partial charge in [-0.05, 0) is 56.6 Å². The predicted octanol–water partition coefficient (Wildman–Crippen LogP) is 2.42. The van der Waals surface area contributed by atoms with Crippen LogP contribution in [0.25, 0.3) is 0 Å². The number of amides is 3. The van der Waals surface area contributed by atoms with Crippen LogP contribution in [0.4, 0.5) is 4.79 Å². The SMILES string of the molecule is O=C(CCCC[C@@H]1SC[C@@H]2NC(=O)N[C@@H]21)NCCN([CH-]Cc1ccccn1)CCc1ccccn1.O=[OH+].[Cu+2]. The number of carbonyl (C=O) groups excluding carboxylic acids is 2. The normalized spacial score (nSPS) is 19.4. The molecule has 4 heterocycles. The van der Waals surface area contributed by atoms with E-state index in [4.69, 9.17) is 9.93 Å². The van der Waals surface area contributed by atoms with Crippen molar-refractivity contribution in [2.75, 3.05) is 25.4 Å². The maximum absolute atomic E-state index is 12.4. The molecule has 0 aromatic carbocycles. The molecule has 3 amide bonds. The van der Waals surface area contributed by atoms with Crippen molar-refractivity contribution in [2.24, 2.45) is 0 Å². The van der Waals surface area contributed by atoms with Gasteiger partial charge < -0.3 is 20.9 Å². The van der Waals surface area contributed by atoms with Crippen LogP contribution in [0.2, 0.25) is 0 Å². The summed E-state index contributed by atoms with van der Waals surface area (Å²) in [6, 6.07) is 12.4. The van der Waals surface area contributed by atoms with E-state index in [-0.39, 0.29) is 41.1 Å². The van der Waals surface area contributed by atoms with Crippen molar-refractivity contribution in [3.8, 4) is 0 Å². The molecule has 0 bridgehead atoms. The van der Waals surface area contributed by atoms with Crippen molar-refractivity contribution in [2.45, 2.75) is 55.9 Å². The first-order valence-corrected chi connectivity index (χ1v) is 13.7. The Morgan fingerprint density at radius 2 is 1.82 bits per heavy atom. The molecule has 2 saturated heterocycles. The van der Waals surface area contributed by atoms with E-state index in [0.29, 0.717) is 18.2 Å². The van der Waals surface area contributed by atoms with Gasteiger partial charge in [-0.25, -0.2) is 4.79 Å². The number of rotatable bonds is 14. The van der Waals surface area contributed by atoms with E-state index >= 15 is 0 Å². The zero-order valence-electron chi connectivity index (χ0n) is 21.2. The standard InChI is InChI=1S/C26H35N6O2S.Cu.O2/c33-24(10-2-1-9-23-25-22(19-35-23)30-26(34)31-25)29-15-18-32(16-11-20-7-3-5-13-27-20)17-12-21-8-4-6-14-28-21;;1-2/h3-8,13-14,16,22-23,25H,1-2,9-12,15,17-19H2,(H,29,33)(H2,30,31,34);;/q-1;+2;/p+1/t22-,23-,25-;;/m0../s1. The first-order valence-electron chi connectivity index (χ1n) is 12.7. The Labute approximate surface area is 238 Å². The van der Waals surface area contributed by atoms with Gasteiger partial charge in [-0.3, -0.25) is 21.3 Å². The van der Waals surface area contributed by atoms with Gasteiger partial charge in [0.1, 0.15) is 0 Å². The summed E-state index contributed by atoms with van der Waals surface area (Å²) in [4.78, 5) is 47.9. The van der Waals surface area contributed by atoms with Gasteiger partial charge in [0.2, 0.25) is 10.9 Å². The first kappa shape index (κ1) is 31.7. The van der Waals surface area contributed by atoms with Crippen LogP contribution < -0.4 is 16.0 Å². The van der Waals surface area contributed by atoms with Crippen LogP contribution in [-0.2, 0) is 34.7 Å². The smallest absolute Gasteiger partial charge is 0.454 e. The second-order valence-corrected chi connectivity index (χ2v) is 10.3. The molecule has 1 radical (unpaired) electrons. The molecule has 2 aromatic heterocycles. The topological polar surface area (TPSA) is 138 Å². The Bertz CT molecular complexity index is 918. The molecule has 38 heavy (non-hydrogen) atoms. The molecule has 4 rings (SSSR count). The number of hydrogen-bond donors (Lipinski definition) is 3. The quantitative estimate of drug-likeness (QED) is 0.101. The van der Waals surface area contributed by atoms with Crippen LogP contribution >= 0.6 is 11.8 Å². The second-order valence-electron chi connectivity index (χ2n) is 9.03. The molecule has 0 spiro atoms. The molecule has 0 aliphatic carbocycles. The maximum Gasteiger partial charge on any atom is 2.00 e. The van der Waals surface area contributed by atoms with E-state index in [1.54, 1.807) is 0 Å². The molecule has 2 fully saturated rings. The number of hydrogen-bond acceptors (Lipinski definition) is 7. The van der Waals surface area contributed by atoms with Crippen LogP contribution in [0.15, 0.2) is 48.8 Å². The Kier molecular flexibility index (Phi) is 14.9. The van der Waals surface area contributed by atoms with Crippen LogP contribution in [0.3, 0.4) is 0 Å². The molecule has 12 heteroatoms. The summed E-state index contributed by atoms with van der Waals surface area (Å²) in [6.45, 7) is 4.37. The summed E-state index contributed by atoms with van der Waals surface area (Å²) in [5.41, 5.74) is 2.09. The van der Waals surface area contributed by atoms with Crippen molar-refractivity contribution in [1.29, 1.82) is 0 Å². The van der Waals surface area contributed by atoms with Crippen LogP contribution in [-0.4, -0.2) is 74.5 Å². The number of nitrogens with zero attached hydrogens (tertiary/aromatic N) is 3. The van der Waals surface area contributed by atoms with Crippen molar-refractivity contribution >= 4 is 23.7 Å². The zero-order valence-corrected chi connectivity index (χ0v) is 23.0. The zero-order chi connectivity index (χ0) is 26.3. The van der Waals surface area contributed by atoms with Gasteiger partial charge in [-0.1, -0.05) is 18.6 Å². The predicted molar refractivity (Wildman–Crippen MR) is 144 cm³/mol. The molecule has 209 valence electrons. The third-order valence-electron chi connectivity index (χ3n) is 6.47. The van der Waals surface area contributed by atoms with Crippen molar-refractivity contribution in [1.82, 2.24) is 30.8 Å². The summed E-state index contributed by atoms with van der Waals surface area (Å²) in [7, 11) is 0. The summed E-state index contributed by atoms with van der Waals surface area (Å²) in [5, 5.41) is 9.53. The fourth-order valence-corrected chi connectivity index (χ4v) is 6.09. The van der Waals surface area contributed by atoms with Crippen LogP contribution in [0.1, 0.15) is 37.1 Å². The average Bonchev–Trinajstić information content (AvgIpc) is 3.49. The number of aromatic nitrogens is 2. The number of thioether (sulfide) groups is 1. The van der Waals surface area contributed by atoms with Gasteiger partial charge in [0.05, 0.1) is 12.1 Å². The molecule has 3 atom stereocenters. The molecular weight excluding hydrogens is 556 g/mol. The number of unbranched alkanes of at least 4 members (excludes halogenated alkanes) is 1. The van der Waals surface area contributed by atoms with Crippen LogP contribution in [0, 0.1) is 11.5 Å². The molecule has 2 aliphatic heterocycles. The molecule has 2 aromatic rings. The first-order chi connectivity index (χ1) is 18.2. The van der Waals surface area contributed by atoms with E-state index < -0.39 is 0 Å². The molecule has 4 N–H and O–H groups in total. The molecular formula is C26H36CuN6O4S+2. The molecule has 0 unspecified atom stereocenters. The minimum Gasteiger partial charge on any atom is -0.454 e. The number of pyridine rings is 2. The van der Waals surface area contributed by atoms with Gasteiger partial charge in [0.25, 0.3) is 0 Å². The summed E-state index contributed by atoms with van der Waals surface area (Å²) >= 11 is 1.92. The van der Waals surface area contributed by atoms with Gasteiger partial charge >= 0.3 is 23.1 Å². The van der Waals surface area contributed by atoms with E-state index in [0.717, 1.165) is 62.3 Å². The van der Waals surface area contributed by atoms with E-state index in [9.17, 15) is 9.59 Å². The Morgan fingerprint density at radius 1 is 1.08 bits per heavy atom. The fraction of sp³-hybridized carbons (Fsp3) is 0.500. The largest absolute Gasteiger partial charge is 2.00 e. The summed E-state index contributed by atoms with van der Waals surface area (Å²) in [6.07, 6.45) is 8.69. The van der Waals surface area contributed by atoms with Gasteiger partial charge in [-0.15, -0.1) is 6.42 Å². The average molecular weight is 592 g/mol. The second kappa shape index (κ2) is 17.9. The third kappa shape index (κ3) is 10.7. The van der Waals surface area contributed by atoms with Crippen LogP contribution in [0.5, 0.6) is 0 Å². The van der Waals surface area contributed by atoms with Crippen molar-refractivity contribution in [3.05, 3.63) is 71.7 Å². The fourth-order valence-electron chi connectivity index (χ4n) is 4.54. The van der Waals surface area contributed by atoms with Crippen molar-refractivity contribution < 1.29 is 31.6 Å². The van der Waals surface area contributed by atoms with E-state index in [1.807, 2.05) is 60.6 Å². The number of nitrogens with one attached hydrogen (secondary N) is 3. The van der Waals surface area contributed by atoms with Gasteiger partial charge in [0.15, 0.2) is 0 Å². The van der Waals surface area contributed by atoms with Gasteiger partial charge in [0, 0.05) is 52.7 Å². The minimum atomic E-state index is -0.0453. The Balaban J connectivity index is 0.00000165. The minimum absolute atomic E-state index is 0. The Hall–Kier alpha value is -2.53. The van der Waals surface area contributed by atoms with Crippen molar-refractivity contribution in [3.63, 3.8) is 0 Å². The molecule has 2 aliphatic rings. The van der Waals surface area contributed by atoms with E-state index in [1.165, 1.54) is 0 Å². The number of fused-ring (bicyclic) bond motifs is 1. The molecule has 10 nitrogen and oxygen atoms in total.